The number of aromatic nitrogens is 3. The number of piperazine rings is 1. The van der Waals surface area contributed by atoms with Gasteiger partial charge in [-0.3, -0.25) is 9.48 Å². The number of benzene rings is 1. The Morgan fingerprint density at radius 3 is 2.85 bits per heavy atom. The molecular weight excluding hydrogens is 370 g/mol. The van der Waals surface area contributed by atoms with E-state index < -0.39 is 0 Å². The summed E-state index contributed by atoms with van der Waals surface area (Å²) < 4.78 is 2.80. The van der Waals surface area contributed by atoms with Crippen LogP contribution in [0.1, 0.15) is 22.8 Å². The minimum Gasteiger partial charge on any atom is -0.344 e. The number of rotatable bonds is 2. The molecule has 1 aliphatic heterocycles. The van der Waals surface area contributed by atoms with Gasteiger partial charge in [0, 0.05) is 43.9 Å². The van der Waals surface area contributed by atoms with E-state index in [9.17, 15) is 4.79 Å². The van der Waals surface area contributed by atoms with Crippen LogP contribution in [0.2, 0.25) is 5.02 Å². The number of thiazole rings is 1. The van der Waals surface area contributed by atoms with Crippen molar-refractivity contribution in [2.45, 2.75) is 19.9 Å². The van der Waals surface area contributed by atoms with Crippen molar-refractivity contribution in [3.05, 3.63) is 40.7 Å². The lowest BCUT2D eigenvalue weighted by Gasteiger charge is -2.39. The first-order valence-corrected chi connectivity index (χ1v) is 9.73. The number of anilines is 1. The van der Waals surface area contributed by atoms with E-state index in [1.807, 2.05) is 31.0 Å². The smallest absolute Gasteiger partial charge is 0.257 e. The van der Waals surface area contributed by atoms with Gasteiger partial charge in [0.15, 0.2) is 5.13 Å². The number of carbonyl (C=O) groups excluding carboxylic acids is 1. The van der Waals surface area contributed by atoms with Crippen LogP contribution < -0.4 is 4.90 Å². The Kier molecular flexibility index (Phi) is 4.36. The van der Waals surface area contributed by atoms with Crippen molar-refractivity contribution in [2.75, 3.05) is 24.5 Å². The van der Waals surface area contributed by atoms with E-state index in [-0.39, 0.29) is 11.9 Å². The van der Waals surface area contributed by atoms with Gasteiger partial charge in [0.2, 0.25) is 0 Å². The number of amides is 1. The zero-order valence-electron chi connectivity index (χ0n) is 14.9. The van der Waals surface area contributed by atoms with Gasteiger partial charge in [0.1, 0.15) is 0 Å². The first-order chi connectivity index (χ1) is 12.4. The highest BCUT2D eigenvalue weighted by molar-refractivity contribution is 7.22. The van der Waals surface area contributed by atoms with Crippen LogP contribution in [-0.4, -0.2) is 51.2 Å². The third kappa shape index (κ3) is 2.95. The lowest BCUT2D eigenvalue weighted by Crippen LogP contribution is -2.54. The number of aryl methyl sites for hydroxylation is 2. The molecule has 3 heterocycles. The lowest BCUT2D eigenvalue weighted by molar-refractivity contribution is 0.0674. The van der Waals surface area contributed by atoms with E-state index in [2.05, 4.69) is 16.9 Å². The van der Waals surface area contributed by atoms with Crippen LogP contribution in [0.4, 0.5) is 5.13 Å². The summed E-state index contributed by atoms with van der Waals surface area (Å²) in [5.41, 5.74) is 2.63. The molecule has 0 bridgehead atoms. The topological polar surface area (TPSA) is 54.3 Å². The average molecular weight is 390 g/mol. The van der Waals surface area contributed by atoms with Crippen LogP contribution in [0, 0.1) is 6.92 Å². The summed E-state index contributed by atoms with van der Waals surface area (Å²) in [7, 11) is 1.82. The first-order valence-electron chi connectivity index (χ1n) is 8.54. The summed E-state index contributed by atoms with van der Waals surface area (Å²) in [6.45, 7) is 6.28. The van der Waals surface area contributed by atoms with Crippen LogP contribution in [0.5, 0.6) is 0 Å². The van der Waals surface area contributed by atoms with Gasteiger partial charge < -0.3 is 9.80 Å². The summed E-state index contributed by atoms with van der Waals surface area (Å²) in [4.78, 5) is 21.7. The fourth-order valence-electron chi connectivity index (χ4n) is 3.35. The highest BCUT2D eigenvalue weighted by Crippen LogP contribution is 2.34. The largest absolute Gasteiger partial charge is 0.344 e. The number of nitrogens with zero attached hydrogens (tertiary/aromatic N) is 5. The van der Waals surface area contributed by atoms with Gasteiger partial charge in [0.25, 0.3) is 5.91 Å². The van der Waals surface area contributed by atoms with Gasteiger partial charge in [-0.1, -0.05) is 22.9 Å². The predicted octanol–water partition coefficient (Wildman–Crippen LogP) is 3.34. The van der Waals surface area contributed by atoms with Gasteiger partial charge >= 0.3 is 0 Å². The maximum Gasteiger partial charge on any atom is 0.257 e. The second kappa shape index (κ2) is 6.55. The molecule has 1 aliphatic rings. The van der Waals surface area contributed by atoms with Gasteiger partial charge in [-0.2, -0.15) is 5.10 Å². The third-order valence-corrected chi connectivity index (χ3v) is 6.34. The monoisotopic (exact) mass is 389 g/mol. The molecule has 136 valence electrons. The van der Waals surface area contributed by atoms with E-state index in [1.165, 1.54) is 0 Å². The zero-order valence-corrected chi connectivity index (χ0v) is 16.5. The van der Waals surface area contributed by atoms with Crippen molar-refractivity contribution in [3.8, 4) is 0 Å². The molecular formula is C18H20ClN5OS. The Labute approximate surface area is 161 Å². The molecule has 6 nitrogen and oxygen atoms in total. The summed E-state index contributed by atoms with van der Waals surface area (Å²) in [6.07, 6.45) is 3.39. The summed E-state index contributed by atoms with van der Waals surface area (Å²) >= 11 is 7.90. The first kappa shape index (κ1) is 17.3. The van der Waals surface area contributed by atoms with E-state index in [0.717, 1.165) is 39.0 Å². The Morgan fingerprint density at radius 2 is 2.15 bits per heavy atom. The van der Waals surface area contributed by atoms with Crippen LogP contribution in [0.3, 0.4) is 0 Å². The van der Waals surface area contributed by atoms with E-state index in [1.54, 1.807) is 28.4 Å². The third-order valence-electron chi connectivity index (χ3n) is 4.85. The number of carbonyl (C=O) groups is 1. The fourth-order valence-corrected chi connectivity index (χ4v) is 4.57. The zero-order chi connectivity index (χ0) is 18.4. The molecule has 0 N–H and O–H groups in total. The summed E-state index contributed by atoms with van der Waals surface area (Å²) in [6, 6.07) is 4.05. The lowest BCUT2D eigenvalue weighted by atomic mass is 10.1. The molecule has 1 saturated heterocycles. The number of hydrogen-bond acceptors (Lipinski definition) is 5. The molecule has 8 heteroatoms. The number of fused-ring (bicyclic) bond motifs is 1. The SMILES string of the molecule is Cc1c(Cl)ccc2sc(N3CCN(C(=O)c4cnn(C)c4)C(C)C3)nc12. The normalized spacial score (nSPS) is 17.9. The van der Waals surface area contributed by atoms with E-state index in [4.69, 9.17) is 16.6 Å². The van der Waals surface area contributed by atoms with E-state index in [0.29, 0.717) is 12.1 Å². The van der Waals surface area contributed by atoms with Crippen LogP contribution in [0.25, 0.3) is 10.2 Å². The second-order valence-electron chi connectivity index (χ2n) is 6.71. The predicted molar refractivity (Wildman–Crippen MR) is 105 cm³/mol. The molecule has 1 aromatic carbocycles. The molecule has 0 saturated carbocycles. The van der Waals surface area contributed by atoms with Crippen molar-refractivity contribution < 1.29 is 4.79 Å². The number of hydrogen-bond donors (Lipinski definition) is 0. The van der Waals surface area contributed by atoms with Crippen molar-refractivity contribution in [3.63, 3.8) is 0 Å². The molecule has 0 spiro atoms. The minimum atomic E-state index is 0.0391. The maximum absolute atomic E-state index is 12.7. The van der Waals surface area contributed by atoms with Crippen LogP contribution >= 0.6 is 22.9 Å². The quantitative estimate of drug-likeness (QED) is 0.674. The number of halogens is 1. The molecule has 0 radical (unpaired) electrons. The maximum atomic E-state index is 12.7. The fraction of sp³-hybridized carbons (Fsp3) is 0.389. The van der Waals surface area contributed by atoms with Crippen LogP contribution in [-0.2, 0) is 7.05 Å². The Balaban J connectivity index is 1.53. The summed E-state index contributed by atoms with van der Waals surface area (Å²) in [5, 5.41) is 5.84. The van der Waals surface area contributed by atoms with Gasteiger partial charge in [-0.25, -0.2) is 4.98 Å². The molecule has 3 aromatic rings. The molecule has 0 aliphatic carbocycles. The minimum absolute atomic E-state index is 0.0391. The molecule has 1 unspecified atom stereocenters. The van der Waals surface area contributed by atoms with Gasteiger partial charge in [0.05, 0.1) is 22.0 Å². The van der Waals surface area contributed by atoms with Gasteiger partial charge in [-0.05, 0) is 31.5 Å². The van der Waals surface area contributed by atoms with Crippen molar-refractivity contribution in [2.24, 2.45) is 7.05 Å². The van der Waals surface area contributed by atoms with Crippen molar-refractivity contribution in [1.82, 2.24) is 19.7 Å². The van der Waals surface area contributed by atoms with Gasteiger partial charge in [-0.15, -0.1) is 0 Å². The highest BCUT2D eigenvalue weighted by atomic mass is 35.5. The molecule has 4 rings (SSSR count). The van der Waals surface area contributed by atoms with Crippen molar-refractivity contribution >= 4 is 44.2 Å². The molecule has 1 fully saturated rings. The average Bonchev–Trinajstić information content (AvgIpc) is 3.24. The Bertz CT molecular complexity index is 981. The molecule has 1 atom stereocenters. The standard InChI is InChI=1S/C18H20ClN5OS/c1-11-9-23(6-7-24(11)17(25)13-8-20-22(3)10-13)18-21-16-12(2)14(19)4-5-15(16)26-18/h4-5,8,10-11H,6-7,9H2,1-3H3. The summed E-state index contributed by atoms with van der Waals surface area (Å²) in [5.74, 6) is 0.0391. The molecule has 26 heavy (non-hydrogen) atoms. The Hall–Kier alpha value is -2.12. The molecule has 1 amide bonds. The van der Waals surface area contributed by atoms with Crippen molar-refractivity contribution in [1.29, 1.82) is 0 Å². The second-order valence-corrected chi connectivity index (χ2v) is 8.13. The Morgan fingerprint density at radius 1 is 1.35 bits per heavy atom. The molecule has 2 aromatic heterocycles. The van der Waals surface area contributed by atoms with E-state index >= 15 is 0 Å². The highest BCUT2D eigenvalue weighted by Gasteiger charge is 2.30. The van der Waals surface area contributed by atoms with Crippen LogP contribution in [0.15, 0.2) is 24.5 Å².